The first-order valence-electron chi connectivity index (χ1n) is 5.42. The number of aliphatic carboxylic acids is 1. The zero-order valence-corrected chi connectivity index (χ0v) is 10.8. The normalized spacial score (nSPS) is 23.6. The highest BCUT2D eigenvalue weighted by molar-refractivity contribution is 5.80. The third-order valence-electron chi connectivity index (χ3n) is 2.35. The van der Waals surface area contributed by atoms with Gasteiger partial charge in [0.25, 0.3) is 0 Å². The largest absolute Gasteiger partial charge is 0.548 e. The Morgan fingerprint density at radius 1 is 1.41 bits per heavy atom. The van der Waals surface area contributed by atoms with Gasteiger partial charge < -0.3 is 19.4 Å². The fourth-order valence-corrected chi connectivity index (χ4v) is 1.63. The summed E-state index contributed by atoms with van der Waals surface area (Å²) in [5.41, 5.74) is -1.70. The van der Waals surface area contributed by atoms with E-state index in [9.17, 15) is 14.7 Å². The number of ether oxygens (including phenoxy) is 2. The lowest BCUT2D eigenvalue weighted by atomic mass is 10.2. The number of carbonyl (C=O) groups is 2. The predicted molar refractivity (Wildman–Crippen MR) is 56.9 cm³/mol. The standard InChI is InChI=1S/C11H19NO5/c1-10(2,3)17-9(15)12-7(8(13)14)6-16-11(12,4)5/h7H,6H2,1-5H3,(H,13,14)/p-1/t7-/m1/s1. The average molecular weight is 244 g/mol. The molecule has 1 amide bonds. The first-order valence-corrected chi connectivity index (χ1v) is 5.42. The minimum absolute atomic E-state index is 0.0887. The molecular weight excluding hydrogens is 226 g/mol. The fraction of sp³-hybridized carbons (Fsp3) is 0.818. The summed E-state index contributed by atoms with van der Waals surface area (Å²) in [6.07, 6.45) is -0.714. The Hall–Kier alpha value is -1.30. The van der Waals surface area contributed by atoms with E-state index in [1.54, 1.807) is 34.6 Å². The minimum atomic E-state index is -1.35. The molecule has 6 heteroatoms. The molecule has 1 atom stereocenters. The van der Waals surface area contributed by atoms with Crippen LogP contribution in [-0.4, -0.2) is 40.9 Å². The number of carboxylic acid groups (broad SMARTS) is 1. The van der Waals surface area contributed by atoms with Crippen molar-refractivity contribution in [2.45, 2.75) is 52.0 Å². The van der Waals surface area contributed by atoms with Gasteiger partial charge in [-0.1, -0.05) is 0 Å². The van der Waals surface area contributed by atoms with Gasteiger partial charge in [0.05, 0.1) is 12.6 Å². The van der Waals surface area contributed by atoms with Crippen LogP contribution in [0, 0.1) is 0 Å². The molecule has 0 N–H and O–H groups in total. The third-order valence-corrected chi connectivity index (χ3v) is 2.35. The van der Waals surface area contributed by atoms with Gasteiger partial charge >= 0.3 is 6.09 Å². The monoisotopic (exact) mass is 244 g/mol. The highest BCUT2D eigenvalue weighted by Crippen LogP contribution is 2.29. The molecule has 0 saturated carbocycles. The van der Waals surface area contributed by atoms with Gasteiger partial charge in [0.2, 0.25) is 0 Å². The van der Waals surface area contributed by atoms with E-state index < -0.39 is 29.4 Å². The topological polar surface area (TPSA) is 78.9 Å². The lowest BCUT2D eigenvalue weighted by molar-refractivity contribution is -0.310. The number of carbonyl (C=O) groups excluding carboxylic acids is 2. The lowest BCUT2D eigenvalue weighted by Crippen LogP contribution is -2.55. The first kappa shape index (κ1) is 13.8. The molecule has 17 heavy (non-hydrogen) atoms. The van der Waals surface area contributed by atoms with E-state index in [4.69, 9.17) is 9.47 Å². The molecule has 0 aliphatic carbocycles. The van der Waals surface area contributed by atoms with Crippen LogP contribution in [-0.2, 0) is 14.3 Å². The molecule has 1 rings (SSSR count). The van der Waals surface area contributed by atoms with Crippen molar-refractivity contribution in [3.8, 4) is 0 Å². The summed E-state index contributed by atoms with van der Waals surface area (Å²) in [7, 11) is 0. The van der Waals surface area contributed by atoms with Gasteiger partial charge in [0.15, 0.2) is 0 Å². The summed E-state index contributed by atoms with van der Waals surface area (Å²) in [4.78, 5) is 23.9. The van der Waals surface area contributed by atoms with Crippen molar-refractivity contribution in [1.82, 2.24) is 4.90 Å². The van der Waals surface area contributed by atoms with Crippen LogP contribution in [0.2, 0.25) is 0 Å². The van der Waals surface area contributed by atoms with Gasteiger partial charge in [-0.15, -0.1) is 0 Å². The molecule has 1 aliphatic rings. The number of carboxylic acids is 1. The zero-order chi connectivity index (χ0) is 13.4. The Kier molecular flexibility index (Phi) is 3.38. The molecule has 0 aromatic rings. The van der Waals surface area contributed by atoms with Crippen LogP contribution in [0.4, 0.5) is 4.79 Å². The van der Waals surface area contributed by atoms with Crippen LogP contribution in [0.3, 0.4) is 0 Å². The molecule has 1 saturated heterocycles. The van der Waals surface area contributed by atoms with Gasteiger partial charge in [-0.05, 0) is 34.6 Å². The summed E-state index contributed by atoms with van der Waals surface area (Å²) in [5, 5.41) is 10.9. The van der Waals surface area contributed by atoms with E-state index in [0.717, 1.165) is 4.90 Å². The fourth-order valence-electron chi connectivity index (χ4n) is 1.63. The molecule has 1 heterocycles. The Morgan fingerprint density at radius 2 is 1.94 bits per heavy atom. The van der Waals surface area contributed by atoms with Crippen LogP contribution < -0.4 is 5.11 Å². The van der Waals surface area contributed by atoms with E-state index in [1.165, 1.54) is 0 Å². The van der Waals surface area contributed by atoms with Gasteiger partial charge in [0.1, 0.15) is 17.4 Å². The minimum Gasteiger partial charge on any atom is -0.548 e. The highest BCUT2D eigenvalue weighted by Gasteiger charge is 2.46. The van der Waals surface area contributed by atoms with E-state index >= 15 is 0 Å². The zero-order valence-electron chi connectivity index (χ0n) is 10.8. The van der Waals surface area contributed by atoms with Crippen molar-refractivity contribution >= 4 is 12.1 Å². The Balaban J connectivity index is 2.90. The van der Waals surface area contributed by atoms with Crippen LogP contribution in [0.25, 0.3) is 0 Å². The summed E-state index contributed by atoms with van der Waals surface area (Å²) in [6, 6.07) is -1.11. The molecule has 98 valence electrons. The van der Waals surface area contributed by atoms with Crippen LogP contribution >= 0.6 is 0 Å². The number of hydrogen-bond donors (Lipinski definition) is 0. The molecule has 0 spiro atoms. The maximum atomic E-state index is 11.9. The summed E-state index contributed by atoms with van der Waals surface area (Å²) in [6.45, 7) is 8.27. The van der Waals surface area contributed by atoms with E-state index in [1.807, 2.05) is 0 Å². The number of nitrogens with zero attached hydrogens (tertiary/aromatic N) is 1. The first-order chi connectivity index (χ1) is 7.54. The summed E-state index contributed by atoms with van der Waals surface area (Å²) < 4.78 is 10.4. The van der Waals surface area contributed by atoms with E-state index in [-0.39, 0.29) is 6.61 Å². The van der Waals surface area contributed by atoms with E-state index in [2.05, 4.69) is 0 Å². The van der Waals surface area contributed by atoms with Gasteiger partial charge in [-0.3, -0.25) is 4.90 Å². The van der Waals surface area contributed by atoms with Gasteiger partial charge in [-0.25, -0.2) is 4.79 Å². The van der Waals surface area contributed by atoms with Crippen molar-refractivity contribution in [2.24, 2.45) is 0 Å². The van der Waals surface area contributed by atoms with E-state index in [0.29, 0.717) is 0 Å². The third kappa shape index (κ3) is 3.09. The molecule has 0 radical (unpaired) electrons. The van der Waals surface area contributed by atoms with Crippen molar-refractivity contribution < 1.29 is 24.2 Å². The van der Waals surface area contributed by atoms with Crippen molar-refractivity contribution in [1.29, 1.82) is 0 Å². The van der Waals surface area contributed by atoms with Crippen molar-refractivity contribution in [3.63, 3.8) is 0 Å². The Morgan fingerprint density at radius 3 is 2.35 bits per heavy atom. The molecular formula is C11H18NO5-. The lowest BCUT2D eigenvalue weighted by Gasteiger charge is -2.35. The number of rotatable bonds is 1. The molecule has 1 fully saturated rings. The number of hydrogen-bond acceptors (Lipinski definition) is 5. The predicted octanol–water partition coefficient (Wildman–Crippen LogP) is 0.108. The van der Waals surface area contributed by atoms with Crippen LogP contribution in [0.5, 0.6) is 0 Å². The highest BCUT2D eigenvalue weighted by atomic mass is 16.6. The summed E-state index contributed by atoms with van der Waals surface area (Å²) >= 11 is 0. The van der Waals surface area contributed by atoms with Crippen molar-refractivity contribution in [3.05, 3.63) is 0 Å². The van der Waals surface area contributed by atoms with Crippen molar-refractivity contribution in [2.75, 3.05) is 6.61 Å². The molecule has 1 aliphatic heterocycles. The van der Waals surface area contributed by atoms with Gasteiger partial charge in [-0.2, -0.15) is 0 Å². The smallest absolute Gasteiger partial charge is 0.413 e. The second-order valence-corrected chi connectivity index (χ2v) is 5.44. The van der Waals surface area contributed by atoms with Crippen LogP contribution in [0.15, 0.2) is 0 Å². The number of amides is 1. The average Bonchev–Trinajstić information content (AvgIpc) is 2.37. The summed E-state index contributed by atoms with van der Waals surface area (Å²) in [5.74, 6) is -1.35. The maximum absolute atomic E-state index is 11.9. The molecule has 0 bridgehead atoms. The quantitative estimate of drug-likeness (QED) is 0.654. The second-order valence-electron chi connectivity index (χ2n) is 5.44. The molecule has 6 nitrogen and oxygen atoms in total. The Bertz CT molecular complexity index is 331. The molecule has 0 aromatic carbocycles. The molecule has 0 aromatic heterocycles. The molecule has 0 unspecified atom stereocenters. The second kappa shape index (κ2) is 4.18. The maximum Gasteiger partial charge on any atom is 0.413 e. The SMILES string of the molecule is CC(C)(C)OC(=O)N1[C@@H](C(=O)[O-])COC1(C)C. The van der Waals surface area contributed by atoms with Gasteiger partial charge in [0, 0.05) is 0 Å². The van der Waals surface area contributed by atoms with Crippen LogP contribution in [0.1, 0.15) is 34.6 Å². The Labute approximate surface area is 100 Å².